The number of rotatable bonds is 12. The van der Waals surface area contributed by atoms with Crippen LogP contribution in [0.25, 0.3) is 0 Å². The molecule has 0 aliphatic carbocycles. The molecule has 0 aromatic heterocycles. The van der Waals surface area contributed by atoms with Crippen LogP contribution in [0.2, 0.25) is 0 Å². The molecule has 2 heteroatoms. The first kappa shape index (κ1) is 20.5. The van der Waals surface area contributed by atoms with Crippen LogP contribution in [0.15, 0.2) is 12.2 Å². The fourth-order valence-corrected chi connectivity index (χ4v) is 2.07. The SMILES string of the molecule is C.C=C(CCCCCCCCCCCC)C(=O)OC. The minimum Gasteiger partial charge on any atom is -0.466 e. The van der Waals surface area contributed by atoms with Crippen molar-refractivity contribution in [3.63, 3.8) is 0 Å². The van der Waals surface area contributed by atoms with E-state index in [2.05, 4.69) is 18.2 Å². The van der Waals surface area contributed by atoms with Crippen molar-refractivity contribution in [2.75, 3.05) is 7.11 Å². The van der Waals surface area contributed by atoms with Gasteiger partial charge in [0.1, 0.15) is 0 Å². The summed E-state index contributed by atoms with van der Waals surface area (Å²) in [6.07, 6.45) is 13.9. The summed E-state index contributed by atoms with van der Waals surface area (Å²) < 4.78 is 4.62. The van der Waals surface area contributed by atoms with Crippen molar-refractivity contribution >= 4 is 5.97 Å². The van der Waals surface area contributed by atoms with E-state index in [4.69, 9.17) is 0 Å². The van der Waals surface area contributed by atoms with Gasteiger partial charge in [0.15, 0.2) is 0 Å². The quantitative estimate of drug-likeness (QED) is 0.260. The highest BCUT2D eigenvalue weighted by molar-refractivity contribution is 5.87. The summed E-state index contributed by atoms with van der Waals surface area (Å²) in [4.78, 5) is 11.1. The van der Waals surface area contributed by atoms with E-state index >= 15 is 0 Å². The van der Waals surface area contributed by atoms with E-state index in [0.29, 0.717) is 5.57 Å². The van der Waals surface area contributed by atoms with Crippen LogP contribution in [-0.2, 0) is 9.53 Å². The number of hydrogen-bond acceptors (Lipinski definition) is 2. The summed E-state index contributed by atoms with van der Waals surface area (Å²) in [5, 5.41) is 0. The Balaban J connectivity index is 0. The van der Waals surface area contributed by atoms with Gasteiger partial charge in [0.2, 0.25) is 0 Å². The first-order valence-corrected chi connectivity index (χ1v) is 7.48. The molecule has 0 aliphatic heterocycles. The lowest BCUT2D eigenvalue weighted by Crippen LogP contribution is -2.03. The maximum absolute atomic E-state index is 11.1. The Morgan fingerprint density at radius 2 is 1.32 bits per heavy atom. The Labute approximate surface area is 120 Å². The van der Waals surface area contributed by atoms with Gasteiger partial charge in [-0.3, -0.25) is 0 Å². The minimum atomic E-state index is -0.258. The number of unbranched alkanes of at least 4 members (excludes halogenated alkanes) is 9. The molecule has 0 saturated carbocycles. The summed E-state index contributed by atoms with van der Waals surface area (Å²) >= 11 is 0. The van der Waals surface area contributed by atoms with Gasteiger partial charge >= 0.3 is 5.97 Å². The second-order valence-electron chi connectivity index (χ2n) is 5.03. The lowest BCUT2D eigenvalue weighted by molar-refractivity contribution is -0.136. The van der Waals surface area contributed by atoms with Gasteiger partial charge in [0.05, 0.1) is 7.11 Å². The zero-order chi connectivity index (χ0) is 13.6. The van der Waals surface area contributed by atoms with Gasteiger partial charge in [-0.2, -0.15) is 0 Å². The molecule has 0 rings (SSSR count). The van der Waals surface area contributed by atoms with Crippen molar-refractivity contribution in [3.8, 4) is 0 Å². The van der Waals surface area contributed by atoms with Crippen molar-refractivity contribution < 1.29 is 9.53 Å². The van der Waals surface area contributed by atoms with Gasteiger partial charge < -0.3 is 4.74 Å². The molecule has 0 radical (unpaired) electrons. The van der Waals surface area contributed by atoms with Crippen LogP contribution >= 0.6 is 0 Å². The molecule has 0 fully saturated rings. The lowest BCUT2D eigenvalue weighted by Gasteiger charge is -2.04. The predicted octanol–water partition coefficient (Wildman–Crippen LogP) is 5.66. The Morgan fingerprint density at radius 1 is 0.895 bits per heavy atom. The highest BCUT2D eigenvalue weighted by atomic mass is 16.5. The van der Waals surface area contributed by atoms with Gasteiger partial charge in [-0.15, -0.1) is 0 Å². The van der Waals surface area contributed by atoms with E-state index in [1.165, 1.54) is 64.9 Å². The molecule has 19 heavy (non-hydrogen) atoms. The molecule has 0 saturated heterocycles. The average molecular weight is 270 g/mol. The summed E-state index contributed by atoms with van der Waals surface area (Å²) in [6.45, 7) is 5.98. The zero-order valence-corrected chi connectivity index (χ0v) is 12.3. The Bertz CT molecular complexity index is 221. The van der Waals surface area contributed by atoms with Gasteiger partial charge in [0.25, 0.3) is 0 Å². The lowest BCUT2D eigenvalue weighted by atomic mass is 10.0. The van der Waals surface area contributed by atoms with Crippen LogP contribution in [0.4, 0.5) is 0 Å². The van der Waals surface area contributed by atoms with Crippen LogP contribution in [0.1, 0.15) is 85.0 Å². The number of carbonyl (C=O) groups is 1. The molecule has 0 bridgehead atoms. The highest BCUT2D eigenvalue weighted by Gasteiger charge is 2.05. The van der Waals surface area contributed by atoms with E-state index in [9.17, 15) is 4.79 Å². The Morgan fingerprint density at radius 3 is 1.74 bits per heavy atom. The third-order valence-electron chi connectivity index (χ3n) is 3.31. The molecule has 114 valence electrons. The number of methoxy groups -OCH3 is 1. The Kier molecular flexibility index (Phi) is 16.5. The van der Waals surface area contributed by atoms with Crippen LogP contribution in [0.5, 0.6) is 0 Å². The number of hydrogen-bond donors (Lipinski definition) is 0. The van der Waals surface area contributed by atoms with Crippen LogP contribution in [0, 0.1) is 0 Å². The van der Waals surface area contributed by atoms with Gasteiger partial charge in [0, 0.05) is 5.57 Å². The molecular weight excluding hydrogens is 236 g/mol. The smallest absolute Gasteiger partial charge is 0.333 e. The van der Waals surface area contributed by atoms with Crippen molar-refractivity contribution in [1.82, 2.24) is 0 Å². The van der Waals surface area contributed by atoms with Gasteiger partial charge in [-0.05, 0) is 12.8 Å². The molecule has 2 nitrogen and oxygen atoms in total. The van der Waals surface area contributed by atoms with Crippen LogP contribution in [-0.4, -0.2) is 13.1 Å². The standard InChI is InChI=1S/C16H30O2.CH4/c1-4-5-6-7-8-9-10-11-12-13-14-15(2)16(17)18-3;/h2,4-14H2,1,3H3;1H4. The molecule has 0 N–H and O–H groups in total. The molecular formula is C17H34O2. The summed E-state index contributed by atoms with van der Waals surface area (Å²) in [5.41, 5.74) is 0.608. The molecule has 0 atom stereocenters. The third-order valence-corrected chi connectivity index (χ3v) is 3.31. The van der Waals surface area contributed by atoms with E-state index in [-0.39, 0.29) is 13.4 Å². The average Bonchev–Trinajstić information content (AvgIpc) is 2.39. The number of ether oxygens (including phenoxy) is 1. The van der Waals surface area contributed by atoms with Crippen molar-refractivity contribution in [3.05, 3.63) is 12.2 Å². The fourth-order valence-electron chi connectivity index (χ4n) is 2.07. The van der Waals surface area contributed by atoms with Crippen molar-refractivity contribution in [2.45, 2.75) is 85.0 Å². The third kappa shape index (κ3) is 13.4. The second kappa shape index (κ2) is 15.3. The fraction of sp³-hybridized carbons (Fsp3) is 0.824. The van der Waals surface area contributed by atoms with Gasteiger partial charge in [-0.25, -0.2) is 4.79 Å². The molecule has 0 aromatic rings. The summed E-state index contributed by atoms with van der Waals surface area (Å²) in [6, 6.07) is 0. The molecule has 0 amide bonds. The predicted molar refractivity (Wildman–Crippen MR) is 84.3 cm³/mol. The molecule has 0 heterocycles. The Hall–Kier alpha value is -0.790. The van der Waals surface area contributed by atoms with Crippen molar-refractivity contribution in [1.29, 1.82) is 0 Å². The van der Waals surface area contributed by atoms with E-state index in [1.807, 2.05) is 0 Å². The monoisotopic (exact) mass is 270 g/mol. The van der Waals surface area contributed by atoms with Crippen molar-refractivity contribution in [2.24, 2.45) is 0 Å². The molecule has 0 aromatic carbocycles. The normalized spacial score (nSPS) is 9.79. The van der Waals surface area contributed by atoms with Gasteiger partial charge in [-0.1, -0.05) is 78.7 Å². The first-order chi connectivity index (χ1) is 8.72. The summed E-state index contributed by atoms with van der Waals surface area (Å²) in [5.74, 6) is -0.258. The van der Waals surface area contributed by atoms with E-state index < -0.39 is 0 Å². The highest BCUT2D eigenvalue weighted by Crippen LogP contribution is 2.13. The van der Waals surface area contributed by atoms with E-state index in [0.717, 1.165) is 12.8 Å². The zero-order valence-electron chi connectivity index (χ0n) is 12.3. The first-order valence-electron chi connectivity index (χ1n) is 7.48. The maximum atomic E-state index is 11.1. The maximum Gasteiger partial charge on any atom is 0.333 e. The number of esters is 1. The number of carbonyl (C=O) groups excluding carboxylic acids is 1. The second-order valence-corrected chi connectivity index (χ2v) is 5.03. The van der Waals surface area contributed by atoms with Crippen LogP contribution < -0.4 is 0 Å². The van der Waals surface area contributed by atoms with E-state index in [1.54, 1.807) is 0 Å². The largest absolute Gasteiger partial charge is 0.466 e. The topological polar surface area (TPSA) is 26.3 Å². The minimum absolute atomic E-state index is 0. The molecule has 0 aliphatic rings. The van der Waals surface area contributed by atoms with Crippen LogP contribution in [0.3, 0.4) is 0 Å². The molecule has 0 spiro atoms. The summed E-state index contributed by atoms with van der Waals surface area (Å²) in [7, 11) is 1.41. The molecule has 0 unspecified atom stereocenters.